The van der Waals surface area contributed by atoms with Crippen LogP contribution < -0.4 is 0 Å². The third-order valence-corrected chi connectivity index (χ3v) is 6.15. The summed E-state index contributed by atoms with van der Waals surface area (Å²) in [4.78, 5) is 0. The molecule has 0 aromatic rings. The Labute approximate surface area is 152 Å². The van der Waals surface area contributed by atoms with Crippen molar-refractivity contribution in [2.75, 3.05) is 0 Å². The number of ether oxygens (including phenoxy) is 3. The van der Waals surface area contributed by atoms with Gasteiger partial charge in [-0.3, -0.25) is 0 Å². The summed E-state index contributed by atoms with van der Waals surface area (Å²) in [6.45, 7) is 0. The van der Waals surface area contributed by atoms with Gasteiger partial charge in [0.1, 0.15) is 0 Å². The molecule has 3 aliphatic rings. The molecule has 1 atom stereocenters. The zero-order valence-corrected chi connectivity index (χ0v) is 15.9. The van der Waals surface area contributed by atoms with Gasteiger partial charge in [-0.2, -0.15) is 0 Å². The minimum Gasteiger partial charge on any atom is -0.354 e. The Hall–Kier alpha value is 0.170. The second-order valence-corrected chi connectivity index (χ2v) is 8.34. The molecule has 0 amide bonds. The van der Waals surface area contributed by atoms with Crippen molar-refractivity contribution in [2.45, 2.75) is 126 Å². The highest BCUT2D eigenvalue weighted by Crippen LogP contribution is 2.30. The fraction of sp³-hybridized carbons (Fsp3) is 1.00. The van der Waals surface area contributed by atoms with Gasteiger partial charge in [0.2, 0.25) is 0 Å². The Morgan fingerprint density at radius 1 is 0.500 bits per heavy atom. The van der Waals surface area contributed by atoms with E-state index in [9.17, 15) is 0 Å². The highest BCUT2D eigenvalue weighted by atomic mass is 35.5. The summed E-state index contributed by atoms with van der Waals surface area (Å²) in [6.07, 6.45) is 18.8. The standard InChI is InChI=1S/C20H35ClO3/c21-19(22-16-10-4-1-5-11-16)20(23-17-12-6-2-7-13-17)24-18-14-8-3-9-15-18/h16-20H,1-15H2. The van der Waals surface area contributed by atoms with E-state index < -0.39 is 11.9 Å². The number of hydrogen-bond donors (Lipinski definition) is 0. The van der Waals surface area contributed by atoms with Crippen LogP contribution in [0.3, 0.4) is 0 Å². The van der Waals surface area contributed by atoms with Crippen molar-refractivity contribution in [2.24, 2.45) is 0 Å². The van der Waals surface area contributed by atoms with Crippen molar-refractivity contribution in [3.63, 3.8) is 0 Å². The van der Waals surface area contributed by atoms with Gasteiger partial charge in [0.15, 0.2) is 11.9 Å². The second kappa shape index (κ2) is 10.4. The van der Waals surface area contributed by atoms with Crippen molar-refractivity contribution in [1.29, 1.82) is 0 Å². The Morgan fingerprint density at radius 2 is 0.833 bits per heavy atom. The van der Waals surface area contributed by atoms with E-state index in [1.165, 1.54) is 57.8 Å². The average Bonchev–Trinajstić information content (AvgIpc) is 2.64. The zero-order valence-electron chi connectivity index (χ0n) is 15.1. The molecule has 0 aromatic heterocycles. The third-order valence-electron chi connectivity index (χ3n) is 5.85. The van der Waals surface area contributed by atoms with E-state index in [0.717, 1.165) is 38.5 Å². The molecule has 0 N–H and O–H groups in total. The predicted molar refractivity (Wildman–Crippen MR) is 97.3 cm³/mol. The van der Waals surface area contributed by atoms with Gasteiger partial charge in [0.05, 0.1) is 18.3 Å². The van der Waals surface area contributed by atoms with Crippen LogP contribution in [0.25, 0.3) is 0 Å². The first kappa shape index (κ1) is 18.9. The van der Waals surface area contributed by atoms with Crippen molar-refractivity contribution >= 4 is 11.6 Å². The normalized spacial score (nSPS) is 26.8. The Balaban J connectivity index is 1.53. The van der Waals surface area contributed by atoms with E-state index >= 15 is 0 Å². The fourth-order valence-corrected chi connectivity index (χ4v) is 4.65. The van der Waals surface area contributed by atoms with Crippen LogP contribution in [0.1, 0.15) is 96.3 Å². The van der Waals surface area contributed by atoms with Gasteiger partial charge >= 0.3 is 0 Å². The molecule has 4 heteroatoms. The molecule has 1 unspecified atom stereocenters. The van der Waals surface area contributed by atoms with Crippen LogP contribution in [0.5, 0.6) is 0 Å². The lowest BCUT2D eigenvalue weighted by Crippen LogP contribution is -2.40. The molecule has 3 nitrogen and oxygen atoms in total. The summed E-state index contributed by atoms with van der Waals surface area (Å²) in [5.74, 6) is 0. The highest BCUT2D eigenvalue weighted by molar-refractivity contribution is 6.20. The molecule has 0 spiro atoms. The molecule has 0 bridgehead atoms. The van der Waals surface area contributed by atoms with Gasteiger partial charge in [0, 0.05) is 0 Å². The number of hydrogen-bond acceptors (Lipinski definition) is 3. The first-order valence-corrected chi connectivity index (χ1v) is 10.9. The second-order valence-electron chi connectivity index (χ2n) is 7.91. The first-order chi connectivity index (χ1) is 11.8. The van der Waals surface area contributed by atoms with Crippen LogP contribution in [-0.4, -0.2) is 30.2 Å². The molecular weight excluding hydrogens is 324 g/mol. The van der Waals surface area contributed by atoms with Crippen molar-refractivity contribution in [1.82, 2.24) is 0 Å². The van der Waals surface area contributed by atoms with Crippen molar-refractivity contribution in [3.05, 3.63) is 0 Å². The smallest absolute Gasteiger partial charge is 0.198 e. The number of rotatable bonds is 7. The van der Waals surface area contributed by atoms with Crippen LogP contribution >= 0.6 is 11.6 Å². The lowest BCUT2D eigenvalue weighted by atomic mass is 9.97. The third kappa shape index (κ3) is 6.16. The number of alkyl halides is 1. The molecule has 0 radical (unpaired) electrons. The summed E-state index contributed by atoms with van der Waals surface area (Å²) in [5.41, 5.74) is -0.475. The summed E-state index contributed by atoms with van der Waals surface area (Å²) in [6, 6.07) is 0. The van der Waals surface area contributed by atoms with Crippen LogP contribution in [-0.2, 0) is 14.2 Å². The molecule has 0 saturated heterocycles. The largest absolute Gasteiger partial charge is 0.354 e. The van der Waals surface area contributed by atoms with Crippen molar-refractivity contribution < 1.29 is 14.2 Å². The predicted octanol–water partition coefficient (Wildman–Crippen LogP) is 5.93. The maximum Gasteiger partial charge on any atom is 0.198 e. The highest BCUT2D eigenvalue weighted by Gasteiger charge is 2.31. The van der Waals surface area contributed by atoms with E-state index in [-0.39, 0.29) is 6.10 Å². The van der Waals surface area contributed by atoms with Gasteiger partial charge in [-0.05, 0) is 38.5 Å². The van der Waals surface area contributed by atoms with Crippen LogP contribution in [0, 0.1) is 0 Å². The Bertz CT molecular complexity index is 314. The Morgan fingerprint density at radius 3 is 1.21 bits per heavy atom. The topological polar surface area (TPSA) is 27.7 Å². The molecule has 24 heavy (non-hydrogen) atoms. The lowest BCUT2D eigenvalue weighted by molar-refractivity contribution is -0.241. The first-order valence-electron chi connectivity index (χ1n) is 10.4. The molecule has 3 saturated carbocycles. The quantitative estimate of drug-likeness (QED) is 0.417. The van der Waals surface area contributed by atoms with Crippen LogP contribution in [0.2, 0.25) is 0 Å². The minimum absolute atomic E-state index is 0.286. The van der Waals surface area contributed by atoms with Gasteiger partial charge in [-0.25, -0.2) is 0 Å². The molecule has 3 aliphatic carbocycles. The summed E-state index contributed by atoms with van der Waals surface area (Å²) >= 11 is 6.65. The summed E-state index contributed by atoms with van der Waals surface area (Å²) < 4.78 is 18.8. The molecule has 0 heterocycles. The minimum atomic E-state index is -0.475. The molecule has 3 fully saturated rings. The van der Waals surface area contributed by atoms with Crippen LogP contribution in [0.15, 0.2) is 0 Å². The average molecular weight is 359 g/mol. The van der Waals surface area contributed by atoms with Gasteiger partial charge in [-0.15, -0.1) is 0 Å². The summed E-state index contributed by atoms with van der Waals surface area (Å²) in [7, 11) is 0. The lowest BCUT2D eigenvalue weighted by Gasteiger charge is -2.35. The maximum absolute atomic E-state index is 6.65. The number of halogens is 1. The zero-order chi connectivity index (χ0) is 16.6. The molecule has 0 aromatic carbocycles. The SMILES string of the molecule is ClC(OC1CCCCC1)C(OC1CCCCC1)OC1CCCCC1. The molecule has 3 rings (SSSR count). The molecular formula is C20H35ClO3. The van der Waals surface area contributed by atoms with Crippen LogP contribution in [0.4, 0.5) is 0 Å². The molecule has 140 valence electrons. The van der Waals surface area contributed by atoms with E-state index in [1.54, 1.807) is 0 Å². The van der Waals surface area contributed by atoms with Crippen molar-refractivity contribution in [3.8, 4) is 0 Å². The monoisotopic (exact) mass is 358 g/mol. The van der Waals surface area contributed by atoms with Gasteiger partial charge in [0.25, 0.3) is 0 Å². The van der Waals surface area contributed by atoms with E-state index in [1.807, 2.05) is 0 Å². The fourth-order valence-electron chi connectivity index (χ4n) is 4.39. The van der Waals surface area contributed by atoms with E-state index in [4.69, 9.17) is 25.8 Å². The van der Waals surface area contributed by atoms with E-state index in [0.29, 0.717) is 12.2 Å². The molecule has 0 aliphatic heterocycles. The van der Waals surface area contributed by atoms with Gasteiger partial charge < -0.3 is 14.2 Å². The van der Waals surface area contributed by atoms with E-state index in [2.05, 4.69) is 0 Å². The van der Waals surface area contributed by atoms with Gasteiger partial charge in [-0.1, -0.05) is 69.4 Å². The summed E-state index contributed by atoms with van der Waals surface area (Å²) in [5, 5.41) is 0. The maximum atomic E-state index is 6.65. The Kier molecular flexibility index (Phi) is 8.17.